The van der Waals surface area contributed by atoms with E-state index in [1.807, 2.05) is 70.2 Å². The van der Waals surface area contributed by atoms with Crippen molar-refractivity contribution in [1.82, 2.24) is 15.1 Å². The molecule has 7 heteroatoms. The number of aryl methyl sites for hydroxylation is 1. The zero-order valence-corrected chi connectivity index (χ0v) is 20.4. The lowest BCUT2D eigenvalue weighted by Crippen LogP contribution is -2.28. The average Bonchev–Trinajstić information content (AvgIpc) is 3.26. The molecule has 1 saturated carbocycles. The highest BCUT2D eigenvalue weighted by Crippen LogP contribution is 2.56. The molecule has 7 nitrogen and oxygen atoms in total. The topological polar surface area (TPSA) is 87.3 Å². The minimum absolute atomic E-state index is 0.220. The number of ether oxygens (including phenoxy) is 2. The van der Waals surface area contributed by atoms with E-state index in [4.69, 9.17) is 14.0 Å². The van der Waals surface area contributed by atoms with E-state index in [2.05, 4.69) is 27.3 Å². The van der Waals surface area contributed by atoms with Gasteiger partial charge in [0.25, 0.3) is 0 Å². The van der Waals surface area contributed by atoms with Crippen molar-refractivity contribution in [3.63, 3.8) is 0 Å². The van der Waals surface area contributed by atoms with Gasteiger partial charge in [0, 0.05) is 16.6 Å². The van der Waals surface area contributed by atoms with Gasteiger partial charge in [-0.05, 0) is 70.4 Å². The summed E-state index contributed by atoms with van der Waals surface area (Å²) < 4.78 is 16.7. The molecule has 0 saturated heterocycles. The Hall–Kier alpha value is -3.74. The third-order valence-electron chi connectivity index (χ3n) is 6.34. The molecular weight excluding hydrogens is 442 g/mol. The summed E-state index contributed by atoms with van der Waals surface area (Å²) in [6, 6.07) is 18.1. The Morgan fingerprint density at radius 3 is 2.63 bits per heavy atom. The molecule has 5 rings (SSSR count). The molecule has 1 aliphatic rings. The molecule has 2 aromatic heterocycles. The van der Waals surface area contributed by atoms with Crippen LogP contribution in [0.15, 0.2) is 65.5 Å². The number of fused-ring (bicyclic) bond motifs is 1. The molecule has 1 fully saturated rings. The number of esters is 1. The zero-order valence-electron chi connectivity index (χ0n) is 20.4. The molecule has 0 spiro atoms. The van der Waals surface area contributed by atoms with Gasteiger partial charge in [0.15, 0.2) is 5.82 Å². The number of carbonyl (C=O) groups excluding carboxylic acids is 1. The number of para-hydroxylation sites is 1. The van der Waals surface area contributed by atoms with Gasteiger partial charge in [0.2, 0.25) is 6.39 Å². The van der Waals surface area contributed by atoms with Crippen molar-refractivity contribution in [2.24, 2.45) is 5.92 Å². The van der Waals surface area contributed by atoms with Crippen LogP contribution in [-0.2, 0) is 28.0 Å². The highest BCUT2D eigenvalue weighted by atomic mass is 16.6. The van der Waals surface area contributed by atoms with Crippen molar-refractivity contribution < 1.29 is 18.8 Å². The van der Waals surface area contributed by atoms with E-state index in [1.165, 1.54) is 6.39 Å². The maximum atomic E-state index is 12.8. The van der Waals surface area contributed by atoms with Crippen LogP contribution >= 0.6 is 0 Å². The first-order valence-corrected chi connectivity index (χ1v) is 11.8. The molecule has 2 atom stereocenters. The van der Waals surface area contributed by atoms with E-state index < -0.39 is 11.0 Å². The second kappa shape index (κ2) is 8.80. The van der Waals surface area contributed by atoms with Crippen molar-refractivity contribution in [3.8, 4) is 5.75 Å². The largest absolute Gasteiger partial charge is 0.489 e. The standard InChI is InChI=1S/C28H29N3O4/c1-18-13-20(22-7-5-6-8-24(22)30-18)16-33-21-11-9-19(10-12-21)14-28(26-29-17-34-31-26)15-23(28)25(32)35-27(2,3)4/h5-13,17,23H,14-16H2,1-4H3. The van der Waals surface area contributed by atoms with Crippen molar-refractivity contribution in [2.75, 3.05) is 0 Å². The minimum Gasteiger partial charge on any atom is -0.489 e. The second-order valence-corrected chi connectivity index (χ2v) is 10.3. The highest BCUT2D eigenvalue weighted by molar-refractivity contribution is 5.82. The zero-order chi connectivity index (χ0) is 24.6. The van der Waals surface area contributed by atoms with E-state index in [-0.39, 0.29) is 11.9 Å². The summed E-state index contributed by atoms with van der Waals surface area (Å²) in [6.07, 6.45) is 2.56. The molecule has 0 bridgehead atoms. The maximum Gasteiger partial charge on any atom is 0.310 e. The van der Waals surface area contributed by atoms with Crippen LogP contribution in [0.3, 0.4) is 0 Å². The van der Waals surface area contributed by atoms with Crippen molar-refractivity contribution >= 4 is 16.9 Å². The van der Waals surface area contributed by atoms with E-state index in [9.17, 15) is 4.79 Å². The summed E-state index contributed by atoms with van der Waals surface area (Å²) >= 11 is 0. The van der Waals surface area contributed by atoms with Gasteiger partial charge in [-0.1, -0.05) is 35.5 Å². The molecule has 0 radical (unpaired) electrons. The van der Waals surface area contributed by atoms with Crippen LogP contribution < -0.4 is 4.74 Å². The average molecular weight is 472 g/mol. The molecule has 1 aliphatic carbocycles. The van der Waals surface area contributed by atoms with E-state index in [1.54, 1.807) is 0 Å². The van der Waals surface area contributed by atoms with Crippen LogP contribution in [0.25, 0.3) is 10.9 Å². The Morgan fingerprint density at radius 2 is 1.91 bits per heavy atom. The normalized spacial score (nSPS) is 19.5. The Kier molecular flexibility index (Phi) is 5.79. The van der Waals surface area contributed by atoms with Gasteiger partial charge < -0.3 is 14.0 Å². The number of aromatic nitrogens is 3. The molecule has 2 heterocycles. The molecule has 35 heavy (non-hydrogen) atoms. The summed E-state index contributed by atoms with van der Waals surface area (Å²) in [6.45, 7) is 8.07. The van der Waals surface area contributed by atoms with E-state index in [0.29, 0.717) is 25.3 Å². The molecule has 4 aromatic rings. The second-order valence-electron chi connectivity index (χ2n) is 10.3. The van der Waals surface area contributed by atoms with Crippen LogP contribution in [0.1, 0.15) is 49.8 Å². The van der Waals surface area contributed by atoms with Crippen LogP contribution in [0.2, 0.25) is 0 Å². The fourth-order valence-electron chi connectivity index (χ4n) is 4.64. The molecule has 2 aromatic carbocycles. The summed E-state index contributed by atoms with van der Waals surface area (Å²) in [5, 5.41) is 5.16. The van der Waals surface area contributed by atoms with Gasteiger partial charge in [-0.15, -0.1) is 0 Å². The fourth-order valence-corrected chi connectivity index (χ4v) is 4.64. The molecule has 2 unspecified atom stereocenters. The number of pyridine rings is 1. The van der Waals surface area contributed by atoms with Gasteiger partial charge in [-0.25, -0.2) is 0 Å². The minimum atomic E-state index is -0.541. The summed E-state index contributed by atoms with van der Waals surface area (Å²) in [5.74, 6) is 0.814. The number of nitrogens with zero attached hydrogens (tertiary/aromatic N) is 3. The van der Waals surface area contributed by atoms with Crippen molar-refractivity contribution in [2.45, 2.75) is 58.2 Å². The lowest BCUT2D eigenvalue weighted by Gasteiger charge is -2.21. The van der Waals surface area contributed by atoms with Crippen LogP contribution in [-0.4, -0.2) is 26.7 Å². The number of rotatable bonds is 7. The predicted molar refractivity (Wildman–Crippen MR) is 131 cm³/mol. The lowest BCUT2D eigenvalue weighted by molar-refractivity contribution is -0.157. The molecule has 0 aliphatic heterocycles. The van der Waals surface area contributed by atoms with E-state index >= 15 is 0 Å². The van der Waals surface area contributed by atoms with Gasteiger partial charge >= 0.3 is 5.97 Å². The Morgan fingerprint density at radius 1 is 1.14 bits per heavy atom. The van der Waals surface area contributed by atoms with Crippen LogP contribution in [0.5, 0.6) is 5.75 Å². The van der Waals surface area contributed by atoms with Gasteiger partial charge in [0.05, 0.1) is 16.8 Å². The third-order valence-corrected chi connectivity index (χ3v) is 6.34. The van der Waals surface area contributed by atoms with Crippen LogP contribution in [0.4, 0.5) is 0 Å². The monoisotopic (exact) mass is 471 g/mol. The number of benzene rings is 2. The number of hydrogen-bond donors (Lipinski definition) is 0. The van der Waals surface area contributed by atoms with Gasteiger partial charge in [0.1, 0.15) is 18.0 Å². The summed E-state index contributed by atoms with van der Waals surface area (Å²) in [7, 11) is 0. The highest BCUT2D eigenvalue weighted by Gasteiger charge is 2.63. The fraction of sp³-hybridized carbons (Fsp3) is 0.357. The van der Waals surface area contributed by atoms with E-state index in [0.717, 1.165) is 33.5 Å². The number of hydrogen-bond acceptors (Lipinski definition) is 7. The van der Waals surface area contributed by atoms with Crippen molar-refractivity contribution in [1.29, 1.82) is 0 Å². The summed E-state index contributed by atoms with van der Waals surface area (Å²) in [5.41, 5.74) is 3.06. The molecular formula is C28H29N3O4. The van der Waals surface area contributed by atoms with Gasteiger partial charge in [-0.3, -0.25) is 9.78 Å². The molecule has 0 N–H and O–H groups in total. The first kappa shape index (κ1) is 23.0. The quantitative estimate of drug-likeness (QED) is 0.336. The molecule has 0 amide bonds. The predicted octanol–water partition coefficient (Wildman–Crippen LogP) is 5.35. The number of carbonyl (C=O) groups is 1. The first-order chi connectivity index (χ1) is 16.7. The lowest BCUT2D eigenvalue weighted by atomic mass is 9.93. The van der Waals surface area contributed by atoms with Gasteiger partial charge in [-0.2, -0.15) is 4.98 Å². The third kappa shape index (κ3) is 4.90. The molecule has 180 valence electrons. The van der Waals surface area contributed by atoms with Crippen molar-refractivity contribution in [3.05, 3.63) is 83.6 Å². The maximum absolute atomic E-state index is 12.8. The SMILES string of the molecule is Cc1cc(COc2ccc(CC3(c4ncon4)CC3C(=O)OC(C)(C)C)cc2)c2ccccc2n1. The Bertz CT molecular complexity index is 1340. The summed E-state index contributed by atoms with van der Waals surface area (Å²) in [4.78, 5) is 21.6. The Labute approximate surface area is 204 Å². The van der Waals surface area contributed by atoms with Crippen LogP contribution in [0, 0.1) is 12.8 Å². The smallest absolute Gasteiger partial charge is 0.310 e. The Balaban J connectivity index is 1.29. The first-order valence-electron chi connectivity index (χ1n) is 11.8.